The first kappa shape index (κ1) is 21.0. The van der Waals surface area contributed by atoms with Crippen LogP contribution in [0.3, 0.4) is 0 Å². The third-order valence-corrected chi connectivity index (χ3v) is 4.21. The predicted molar refractivity (Wildman–Crippen MR) is 105 cm³/mol. The standard InChI is InChI=1S/C20H25N3O5/c1-12-19(13(2)23(4)22-12)21-20(25)14(3)28-18(24)8-7-15-9-16(26-5)11-17(10-15)27-6/h7-11,14H,1-6H3,(H,21,25)/b8-7+/t14-/m1/s1. The fourth-order valence-corrected chi connectivity index (χ4v) is 2.54. The number of nitrogens with zero attached hydrogens (tertiary/aromatic N) is 2. The smallest absolute Gasteiger partial charge is 0.331 e. The van der Waals surface area contributed by atoms with E-state index in [4.69, 9.17) is 14.2 Å². The number of methoxy groups -OCH3 is 2. The molecule has 0 aliphatic heterocycles. The van der Waals surface area contributed by atoms with Gasteiger partial charge in [-0.05, 0) is 44.5 Å². The maximum Gasteiger partial charge on any atom is 0.331 e. The lowest BCUT2D eigenvalue weighted by Crippen LogP contribution is -2.29. The maximum atomic E-state index is 12.3. The van der Waals surface area contributed by atoms with Gasteiger partial charge in [0.1, 0.15) is 11.5 Å². The van der Waals surface area contributed by atoms with Crippen LogP contribution in [0.1, 0.15) is 23.9 Å². The van der Waals surface area contributed by atoms with E-state index >= 15 is 0 Å². The van der Waals surface area contributed by atoms with E-state index in [-0.39, 0.29) is 0 Å². The summed E-state index contributed by atoms with van der Waals surface area (Å²) < 4.78 is 17.2. The Bertz CT molecular complexity index is 879. The first-order chi connectivity index (χ1) is 13.2. The van der Waals surface area contributed by atoms with Gasteiger partial charge >= 0.3 is 5.97 Å². The fraction of sp³-hybridized carbons (Fsp3) is 0.350. The molecule has 0 saturated heterocycles. The topological polar surface area (TPSA) is 91.7 Å². The molecule has 1 heterocycles. The van der Waals surface area contributed by atoms with Crippen LogP contribution in [0.4, 0.5) is 5.69 Å². The highest BCUT2D eigenvalue weighted by Crippen LogP contribution is 2.23. The first-order valence-electron chi connectivity index (χ1n) is 8.68. The van der Waals surface area contributed by atoms with Gasteiger partial charge in [0.25, 0.3) is 5.91 Å². The lowest BCUT2D eigenvalue weighted by Gasteiger charge is -2.12. The molecule has 8 heteroatoms. The second-order valence-corrected chi connectivity index (χ2v) is 6.22. The normalized spacial score (nSPS) is 11.9. The van der Waals surface area contributed by atoms with Crippen molar-refractivity contribution < 1.29 is 23.8 Å². The zero-order valence-electron chi connectivity index (χ0n) is 16.9. The Labute approximate surface area is 164 Å². The Morgan fingerprint density at radius 1 is 1.14 bits per heavy atom. The van der Waals surface area contributed by atoms with Crippen molar-refractivity contribution in [1.82, 2.24) is 9.78 Å². The number of amides is 1. The van der Waals surface area contributed by atoms with Gasteiger partial charge in [0, 0.05) is 19.2 Å². The van der Waals surface area contributed by atoms with Crippen LogP contribution in [0.25, 0.3) is 6.08 Å². The molecule has 1 N–H and O–H groups in total. The highest BCUT2D eigenvalue weighted by atomic mass is 16.5. The summed E-state index contributed by atoms with van der Waals surface area (Å²) in [6.45, 7) is 5.15. The number of ether oxygens (including phenoxy) is 3. The maximum absolute atomic E-state index is 12.3. The lowest BCUT2D eigenvalue weighted by atomic mass is 10.2. The average Bonchev–Trinajstić information content (AvgIpc) is 2.91. The van der Waals surface area contributed by atoms with Crippen LogP contribution in [0.5, 0.6) is 11.5 Å². The molecule has 1 aromatic heterocycles. The summed E-state index contributed by atoms with van der Waals surface area (Å²) >= 11 is 0. The molecular weight excluding hydrogens is 362 g/mol. The molecule has 2 rings (SSSR count). The number of rotatable bonds is 7. The van der Waals surface area contributed by atoms with Crippen molar-refractivity contribution in [3.63, 3.8) is 0 Å². The van der Waals surface area contributed by atoms with Gasteiger partial charge in [0.05, 0.1) is 31.3 Å². The molecule has 2 aromatic rings. The number of hydrogen-bond donors (Lipinski definition) is 1. The molecule has 0 radical (unpaired) electrons. The van der Waals surface area contributed by atoms with Crippen molar-refractivity contribution in [1.29, 1.82) is 0 Å². The second-order valence-electron chi connectivity index (χ2n) is 6.22. The molecule has 0 saturated carbocycles. The summed E-state index contributed by atoms with van der Waals surface area (Å²) in [6, 6.07) is 5.22. The van der Waals surface area contributed by atoms with E-state index in [1.807, 2.05) is 6.92 Å². The Kier molecular flexibility index (Phi) is 6.81. The lowest BCUT2D eigenvalue weighted by molar-refractivity contribution is -0.148. The van der Waals surface area contributed by atoms with E-state index in [0.29, 0.717) is 28.4 Å². The van der Waals surface area contributed by atoms with E-state index < -0.39 is 18.0 Å². The van der Waals surface area contributed by atoms with Crippen LogP contribution in [0.2, 0.25) is 0 Å². The van der Waals surface area contributed by atoms with Gasteiger partial charge in [-0.15, -0.1) is 0 Å². The SMILES string of the molecule is COc1cc(/C=C/C(=O)O[C@H](C)C(=O)Nc2c(C)nn(C)c2C)cc(OC)c1. The van der Waals surface area contributed by atoms with Crippen molar-refractivity contribution in [3.8, 4) is 11.5 Å². The second kappa shape index (κ2) is 9.07. The largest absolute Gasteiger partial charge is 0.497 e. The summed E-state index contributed by atoms with van der Waals surface area (Å²) in [5.41, 5.74) is 2.83. The van der Waals surface area contributed by atoms with Gasteiger partial charge in [0.2, 0.25) is 0 Å². The molecule has 0 bridgehead atoms. The third kappa shape index (κ3) is 5.12. The van der Waals surface area contributed by atoms with E-state index in [2.05, 4.69) is 10.4 Å². The number of hydrogen-bond acceptors (Lipinski definition) is 6. The summed E-state index contributed by atoms with van der Waals surface area (Å²) in [7, 11) is 4.88. The van der Waals surface area contributed by atoms with Gasteiger partial charge in [0.15, 0.2) is 6.10 Å². The molecule has 150 valence electrons. The van der Waals surface area contributed by atoms with Crippen LogP contribution < -0.4 is 14.8 Å². The minimum atomic E-state index is -0.962. The van der Waals surface area contributed by atoms with Gasteiger partial charge in [-0.25, -0.2) is 4.79 Å². The predicted octanol–water partition coefficient (Wildman–Crippen LogP) is 2.64. The molecule has 0 spiro atoms. The molecule has 1 amide bonds. The molecule has 0 fully saturated rings. The minimum Gasteiger partial charge on any atom is -0.497 e. The number of carbonyl (C=O) groups excluding carboxylic acids is 2. The first-order valence-corrected chi connectivity index (χ1v) is 8.68. The zero-order valence-corrected chi connectivity index (χ0v) is 16.9. The van der Waals surface area contributed by atoms with Crippen LogP contribution >= 0.6 is 0 Å². The number of aryl methyl sites for hydroxylation is 2. The van der Waals surface area contributed by atoms with E-state index in [0.717, 1.165) is 5.69 Å². The number of aromatic nitrogens is 2. The molecule has 1 aromatic carbocycles. The quantitative estimate of drug-likeness (QED) is 0.580. The van der Waals surface area contributed by atoms with E-state index in [9.17, 15) is 9.59 Å². The average molecular weight is 387 g/mol. The summed E-state index contributed by atoms with van der Waals surface area (Å²) in [5, 5.41) is 6.99. The van der Waals surface area contributed by atoms with Crippen molar-refractivity contribution in [2.75, 3.05) is 19.5 Å². The van der Waals surface area contributed by atoms with Gasteiger partial charge in [-0.1, -0.05) is 0 Å². The van der Waals surface area contributed by atoms with E-state index in [1.165, 1.54) is 13.0 Å². The van der Waals surface area contributed by atoms with Crippen molar-refractivity contribution in [2.45, 2.75) is 26.9 Å². The van der Waals surface area contributed by atoms with Gasteiger partial charge in [-0.3, -0.25) is 9.48 Å². The molecule has 8 nitrogen and oxygen atoms in total. The number of anilines is 1. The summed E-state index contributed by atoms with van der Waals surface area (Å²) in [4.78, 5) is 24.4. The number of nitrogens with one attached hydrogen (secondary N) is 1. The monoisotopic (exact) mass is 387 g/mol. The van der Waals surface area contributed by atoms with E-state index in [1.54, 1.807) is 57.1 Å². The number of esters is 1. The van der Waals surface area contributed by atoms with Crippen molar-refractivity contribution in [2.24, 2.45) is 7.05 Å². The molecular formula is C20H25N3O5. The molecule has 28 heavy (non-hydrogen) atoms. The minimum absolute atomic E-state index is 0.427. The Hall–Kier alpha value is -3.29. The van der Waals surface area contributed by atoms with Crippen LogP contribution in [0, 0.1) is 13.8 Å². The fourth-order valence-electron chi connectivity index (χ4n) is 2.54. The molecule has 0 aliphatic rings. The summed E-state index contributed by atoms with van der Waals surface area (Å²) in [6.07, 6.45) is 1.85. The Morgan fingerprint density at radius 3 is 2.25 bits per heavy atom. The Balaban J connectivity index is 2.00. The molecule has 0 aliphatic carbocycles. The van der Waals surface area contributed by atoms with Crippen LogP contribution in [-0.4, -0.2) is 42.0 Å². The zero-order chi connectivity index (χ0) is 20.8. The molecule has 1 atom stereocenters. The van der Waals surface area contributed by atoms with Crippen molar-refractivity contribution >= 4 is 23.6 Å². The van der Waals surface area contributed by atoms with Gasteiger partial charge < -0.3 is 19.5 Å². The third-order valence-electron chi connectivity index (χ3n) is 4.21. The highest BCUT2D eigenvalue weighted by molar-refractivity contribution is 5.97. The van der Waals surface area contributed by atoms with Crippen LogP contribution in [-0.2, 0) is 21.4 Å². The number of benzene rings is 1. The van der Waals surface area contributed by atoms with Crippen molar-refractivity contribution in [3.05, 3.63) is 41.2 Å². The highest BCUT2D eigenvalue weighted by Gasteiger charge is 2.20. The van der Waals surface area contributed by atoms with Crippen LogP contribution in [0.15, 0.2) is 24.3 Å². The number of carbonyl (C=O) groups is 2. The summed E-state index contributed by atoms with van der Waals surface area (Å²) in [5.74, 6) is 0.137. The molecule has 0 unspecified atom stereocenters. The van der Waals surface area contributed by atoms with Gasteiger partial charge in [-0.2, -0.15) is 5.10 Å². The Morgan fingerprint density at radius 2 is 1.75 bits per heavy atom.